The molecule has 0 fully saturated rings. The van der Waals surface area contributed by atoms with E-state index in [2.05, 4.69) is 0 Å². The maximum absolute atomic E-state index is 12.4. The molecule has 18 heavy (non-hydrogen) atoms. The van der Waals surface area contributed by atoms with Crippen LogP contribution in [-0.2, 0) is 7.86 Å². The number of hydrogen-bond acceptors (Lipinski definition) is 3. The van der Waals surface area contributed by atoms with Gasteiger partial charge in [-0.2, -0.15) is 0 Å². The van der Waals surface area contributed by atoms with Crippen molar-refractivity contribution in [3.05, 3.63) is 33.4 Å². The molecule has 1 amide bonds. The number of hydrogen-bond donors (Lipinski definition) is 0. The molecule has 0 unspecified atom stereocenters. The van der Waals surface area contributed by atoms with Crippen LogP contribution in [0.2, 0.25) is 0 Å². The molecule has 1 aliphatic heterocycles. The molecule has 1 heterocycles. The quantitative estimate of drug-likeness (QED) is 0.571. The number of amides is 1. The summed E-state index contributed by atoms with van der Waals surface area (Å²) in [6, 6.07) is 7.42. The summed E-state index contributed by atoms with van der Waals surface area (Å²) in [5.74, 6) is -0.344. The zero-order chi connectivity index (χ0) is 13.5. The molecule has 1 aromatic carbocycles. The van der Waals surface area contributed by atoms with Crippen molar-refractivity contribution in [3.63, 3.8) is 0 Å². The fourth-order valence-corrected chi connectivity index (χ4v) is 6.69. The van der Waals surface area contributed by atoms with Gasteiger partial charge in [0, 0.05) is 0 Å². The number of rotatable bonds is 1. The normalized spacial score (nSPS) is 16.8. The van der Waals surface area contributed by atoms with E-state index in [0.717, 1.165) is 3.57 Å². The van der Waals surface area contributed by atoms with Gasteiger partial charge in [-0.15, -0.1) is 0 Å². The molecule has 0 atom stereocenters. The van der Waals surface area contributed by atoms with Crippen molar-refractivity contribution in [2.24, 2.45) is 0 Å². The van der Waals surface area contributed by atoms with Gasteiger partial charge in [0.25, 0.3) is 0 Å². The molecule has 0 saturated heterocycles. The first-order valence-corrected chi connectivity index (χ1v) is 8.57. The van der Waals surface area contributed by atoms with Crippen LogP contribution >= 0.6 is 20.5 Å². The Kier molecular flexibility index (Phi) is 3.35. The van der Waals surface area contributed by atoms with E-state index < -0.39 is 20.5 Å². The summed E-state index contributed by atoms with van der Waals surface area (Å²) in [5, 5.41) is 0. The first-order valence-electron chi connectivity index (χ1n) is 5.65. The van der Waals surface area contributed by atoms with Gasteiger partial charge in [0.1, 0.15) is 0 Å². The van der Waals surface area contributed by atoms with Crippen LogP contribution in [-0.4, -0.2) is 20.5 Å². The van der Waals surface area contributed by atoms with E-state index in [-0.39, 0.29) is 17.4 Å². The Morgan fingerprint density at radius 1 is 1.28 bits per heavy atom. The van der Waals surface area contributed by atoms with Crippen LogP contribution in [0, 0.1) is 3.57 Å². The average Bonchev–Trinajstić information content (AvgIpc) is 2.52. The minimum absolute atomic E-state index is 0.0236. The molecule has 4 nitrogen and oxygen atoms in total. The summed E-state index contributed by atoms with van der Waals surface area (Å²) in [7, 11) is 0. The molecular weight excluding hydrogens is 345 g/mol. The van der Waals surface area contributed by atoms with Crippen LogP contribution in [0.3, 0.4) is 0 Å². The van der Waals surface area contributed by atoms with Gasteiger partial charge in [0.05, 0.1) is 0 Å². The predicted octanol–water partition coefficient (Wildman–Crippen LogP) is 3.01. The van der Waals surface area contributed by atoms with Gasteiger partial charge in [-0.1, -0.05) is 0 Å². The third-order valence-electron chi connectivity index (χ3n) is 2.38. The fourth-order valence-electron chi connectivity index (χ4n) is 1.76. The summed E-state index contributed by atoms with van der Waals surface area (Å²) in [6.45, 7) is 7.28. The summed E-state index contributed by atoms with van der Waals surface area (Å²) in [6.07, 6.45) is 0. The Balaban J connectivity index is 2.50. The van der Waals surface area contributed by atoms with Crippen molar-refractivity contribution in [2.45, 2.75) is 33.2 Å². The van der Waals surface area contributed by atoms with Crippen molar-refractivity contribution in [1.82, 2.24) is 3.11 Å². The molecule has 98 valence electrons. The molecule has 0 saturated carbocycles. The second kappa shape index (κ2) is 4.53. The van der Waals surface area contributed by atoms with Gasteiger partial charge < -0.3 is 0 Å². The Labute approximate surface area is 115 Å². The molecule has 0 N–H and O–H groups in total. The second-order valence-corrected chi connectivity index (χ2v) is 8.92. The summed E-state index contributed by atoms with van der Waals surface area (Å²) in [5.41, 5.74) is 0.343. The van der Waals surface area contributed by atoms with Gasteiger partial charge in [-0.05, 0) is 0 Å². The zero-order valence-electron chi connectivity index (χ0n) is 10.9. The molecule has 1 aliphatic rings. The number of carbonyl (C=O) groups is 2. The van der Waals surface area contributed by atoms with Gasteiger partial charge in [-0.25, -0.2) is 0 Å². The first kappa shape index (κ1) is 13.3. The molecule has 0 aliphatic carbocycles. The van der Waals surface area contributed by atoms with Crippen molar-refractivity contribution >= 4 is 32.4 Å². The van der Waals surface area contributed by atoms with Gasteiger partial charge in [-0.3, -0.25) is 0 Å². The van der Waals surface area contributed by atoms with E-state index >= 15 is 0 Å². The molecular formula is C13H16INO3. The molecule has 1 aromatic rings. The summed E-state index contributed by atoms with van der Waals surface area (Å²) < 4.78 is 8.15. The van der Waals surface area contributed by atoms with Crippen molar-refractivity contribution < 1.29 is 12.7 Å². The molecule has 0 spiro atoms. The second-order valence-electron chi connectivity index (χ2n) is 5.04. The summed E-state index contributed by atoms with van der Waals surface area (Å²) >= 11 is -2.40. The SMILES string of the molecule is CC(=O)OI1c2ccccc2C(=O)N1C(C)(C)C. The van der Waals surface area contributed by atoms with Crippen LogP contribution in [0.1, 0.15) is 38.1 Å². The van der Waals surface area contributed by atoms with Crippen LogP contribution in [0.15, 0.2) is 24.3 Å². The Bertz CT molecular complexity index is 507. The maximum atomic E-state index is 12.4. The molecule has 5 heteroatoms. The molecule has 2 rings (SSSR count). The fraction of sp³-hybridized carbons (Fsp3) is 0.385. The monoisotopic (exact) mass is 361 g/mol. The first-order chi connectivity index (χ1) is 8.32. The van der Waals surface area contributed by atoms with E-state index in [4.69, 9.17) is 3.07 Å². The van der Waals surface area contributed by atoms with Crippen LogP contribution < -0.4 is 0 Å². The Morgan fingerprint density at radius 2 is 1.89 bits per heavy atom. The van der Waals surface area contributed by atoms with Crippen LogP contribution in [0.5, 0.6) is 0 Å². The standard InChI is InChI=1S/C13H16INO3/c1-9(16)18-14-11-8-6-5-7-10(11)12(17)15(14)13(2,3)4/h5-8H,1-4H3. The van der Waals surface area contributed by atoms with Crippen LogP contribution in [0.25, 0.3) is 0 Å². The average molecular weight is 361 g/mol. The number of carbonyl (C=O) groups excluding carboxylic acids is 2. The van der Waals surface area contributed by atoms with E-state index in [0.29, 0.717) is 5.56 Å². The van der Waals surface area contributed by atoms with E-state index in [1.54, 1.807) is 9.18 Å². The number of halogens is 1. The summed E-state index contributed by atoms with van der Waals surface area (Å²) in [4.78, 5) is 23.7. The van der Waals surface area contributed by atoms with Gasteiger partial charge in [0.2, 0.25) is 0 Å². The number of fused-ring (bicyclic) bond motifs is 1. The van der Waals surface area contributed by atoms with Gasteiger partial charge >= 0.3 is 115 Å². The minimum atomic E-state index is -2.40. The Hall–Kier alpha value is -1.11. The number of nitrogens with zero attached hydrogens (tertiary/aromatic N) is 1. The van der Waals surface area contributed by atoms with Crippen LogP contribution in [0.4, 0.5) is 0 Å². The molecule has 0 bridgehead atoms. The third-order valence-corrected chi connectivity index (χ3v) is 8.11. The van der Waals surface area contributed by atoms with E-state index in [1.807, 2.05) is 39.0 Å². The third kappa shape index (κ3) is 2.23. The molecule has 0 radical (unpaired) electrons. The van der Waals surface area contributed by atoms with E-state index in [9.17, 15) is 9.59 Å². The number of benzene rings is 1. The van der Waals surface area contributed by atoms with Crippen molar-refractivity contribution in [2.75, 3.05) is 0 Å². The van der Waals surface area contributed by atoms with E-state index in [1.165, 1.54) is 6.92 Å². The van der Waals surface area contributed by atoms with Crippen molar-refractivity contribution in [3.8, 4) is 0 Å². The Morgan fingerprint density at radius 3 is 2.44 bits per heavy atom. The molecule has 0 aromatic heterocycles. The topological polar surface area (TPSA) is 46.6 Å². The zero-order valence-corrected chi connectivity index (χ0v) is 13.0. The predicted molar refractivity (Wildman–Crippen MR) is 76.8 cm³/mol. The van der Waals surface area contributed by atoms with Gasteiger partial charge in [0.15, 0.2) is 0 Å². The van der Waals surface area contributed by atoms with Crippen molar-refractivity contribution in [1.29, 1.82) is 0 Å².